The van der Waals surface area contributed by atoms with E-state index in [9.17, 15) is 0 Å². The number of nitrogens with zero attached hydrogens (tertiary/aromatic N) is 1. The van der Waals surface area contributed by atoms with Gasteiger partial charge in [0.05, 0.1) is 17.8 Å². The summed E-state index contributed by atoms with van der Waals surface area (Å²) >= 11 is 5.16. The number of thiazole rings is 1. The summed E-state index contributed by atoms with van der Waals surface area (Å²) < 4.78 is 6.42. The van der Waals surface area contributed by atoms with Crippen molar-refractivity contribution in [3.63, 3.8) is 0 Å². The van der Waals surface area contributed by atoms with Crippen molar-refractivity contribution < 1.29 is 4.74 Å². The highest BCUT2D eigenvalue weighted by atomic mass is 79.9. The van der Waals surface area contributed by atoms with Gasteiger partial charge in [-0.1, -0.05) is 15.9 Å². The molecule has 0 unspecified atom stereocenters. The zero-order chi connectivity index (χ0) is 13.5. The van der Waals surface area contributed by atoms with Crippen molar-refractivity contribution in [1.82, 2.24) is 4.98 Å². The minimum absolute atomic E-state index is 0.0104. The Hall–Kier alpha value is -0.910. The van der Waals surface area contributed by atoms with Crippen LogP contribution in [0.1, 0.15) is 17.8 Å². The molecule has 0 aliphatic heterocycles. The van der Waals surface area contributed by atoms with Crippen LogP contribution in [0.25, 0.3) is 11.3 Å². The second-order valence-electron chi connectivity index (χ2n) is 5.01. The van der Waals surface area contributed by atoms with E-state index in [2.05, 4.69) is 21.3 Å². The van der Waals surface area contributed by atoms with Gasteiger partial charge in [0.25, 0.3) is 0 Å². The molecule has 1 fully saturated rings. The first-order valence-corrected chi connectivity index (χ1v) is 7.84. The van der Waals surface area contributed by atoms with Gasteiger partial charge in [-0.3, -0.25) is 0 Å². The molecule has 1 aliphatic rings. The molecule has 19 heavy (non-hydrogen) atoms. The first kappa shape index (κ1) is 13.1. The van der Waals surface area contributed by atoms with E-state index in [4.69, 9.17) is 15.5 Å². The second kappa shape index (κ2) is 4.89. The number of hydrogen-bond acceptors (Lipinski definition) is 4. The van der Waals surface area contributed by atoms with Crippen molar-refractivity contribution in [2.75, 3.05) is 7.11 Å². The van der Waals surface area contributed by atoms with E-state index in [1.165, 1.54) is 0 Å². The van der Waals surface area contributed by atoms with Crippen LogP contribution in [0.15, 0.2) is 28.1 Å². The molecule has 1 aliphatic carbocycles. The summed E-state index contributed by atoms with van der Waals surface area (Å²) in [5.41, 5.74) is 8.13. The van der Waals surface area contributed by atoms with Crippen LogP contribution >= 0.6 is 27.3 Å². The molecule has 0 amide bonds. The molecule has 0 bridgehead atoms. The molecular weight excluding hydrogens is 324 g/mol. The van der Waals surface area contributed by atoms with Gasteiger partial charge in [-0.15, -0.1) is 11.3 Å². The van der Waals surface area contributed by atoms with Crippen molar-refractivity contribution >= 4 is 27.3 Å². The van der Waals surface area contributed by atoms with Gasteiger partial charge in [0.1, 0.15) is 5.75 Å². The minimum Gasteiger partial charge on any atom is -0.496 e. The fourth-order valence-electron chi connectivity index (χ4n) is 2.03. The Balaban J connectivity index is 1.91. The van der Waals surface area contributed by atoms with E-state index in [0.29, 0.717) is 0 Å². The number of rotatable bonds is 4. The van der Waals surface area contributed by atoms with Gasteiger partial charge >= 0.3 is 0 Å². The second-order valence-corrected chi connectivity index (χ2v) is 6.87. The lowest BCUT2D eigenvalue weighted by Crippen LogP contribution is -2.24. The Labute approximate surface area is 124 Å². The average molecular weight is 339 g/mol. The smallest absolute Gasteiger partial charge is 0.128 e. The average Bonchev–Trinajstić information content (AvgIpc) is 2.93. The standard InChI is InChI=1S/C14H15BrN2OS/c1-18-12-3-2-9(15)6-10(12)11-8-19-13(17-11)7-14(16)4-5-14/h2-3,6,8H,4-5,7,16H2,1H3. The highest BCUT2D eigenvalue weighted by Crippen LogP contribution is 2.38. The molecular formula is C14H15BrN2OS. The van der Waals surface area contributed by atoms with Crippen molar-refractivity contribution in [2.24, 2.45) is 5.73 Å². The van der Waals surface area contributed by atoms with Gasteiger partial charge in [-0.05, 0) is 31.0 Å². The Kier molecular flexibility index (Phi) is 3.37. The highest BCUT2D eigenvalue weighted by molar-refractivity contribution is 9.10. The minimum atomic E-state index is 0.0104. The summed E-state index contributed by atoms with van der Waals surface area (Å²) in [6.07, 6.45) is 3.11. The van der Waals surface area contributed by atoms with Gasteiger partial charge in [0, 0.05) is 27.4 Å². The maximum atomic E-state index is 6.14. The zero-order valence-corrected chi connectivity index (χ0v) is 13.1. The van der Waals surface area contributed by atoms with Crippen LogP contribution < -0.4 is 10.5 Å². The van der Waals surface area contributed by atoms with Crippen LogP contribution in [0.3, 0.4) is 0 Å². The monoisotopic (exact) mass is 338 g/mol. The molecule has 3 nitrogen and oxygen atoms in total. The molecule has 0 saturated heterocycles. The number of methoxy groups -OCH3 is 1. The molecule has 100 valence electrons. The largest absolute Gasteiger partial charge is 0.496 e. The van der Waals surface area contributed by atoms with E-state index < -0.39 is 0 Å². The topological polar surface area (TPSA) is 48.1 Å². The summed E-state index contributed by atoms with van der Waals surface area (Å²) in [7, 11) is 1.68. The molecule has 1 aromatic carbocycles. The number of halogens is 1. The van der Waals surface area contributed by atoms with Crippen LogP contribution in [0.5, 0.6) is 5.75 Å². The maximum absolute atomic E-state index is 6.14. The van der Waals surface area contributed by atoms with Gasteiger partial charge in [-0.25, -0.2) is 4.98 Å². The summed E-state index contributed by atoms with van der Waals surface area (Å²) in [6.45, 7) is 0. The SMILES string of the molecule is COc1ccc(Br)cc1-c1csc(CC2(N)CC2)n1. The third-order valence-corrected chi connectivity index (χ3v) is 4.73. The maximum Gasteiger partial charge on any atom is 0.128 e. The van der Waals surface area contributed by atoms with Crippen molar-refractivity contribution in [1.29, 1.82) is 0 Å². The van der Waals surface area contributed by atoms with E-state index in [1.807, 2.05) is 18.2 Å². The Morgan fingerprint density at radius 2 is 2.26 bits per heavy atom. The van der Waals surface area contributed by atoms with Crippen LogP contribution in [-0.4, -0.2) is 17.6 Å². The number of aromatic nitrogens is 1. The van der Waals surface area contributed by atoms with Gasteiger partial charge in [-0.2, -0.15) is 0 Å². The number of nitrogens with two attached hydrogens (primary N) is 1. The zero-order valence-electron chi connectivity index (χ0n) is 10.6. The Morgan fingerprint density at radius 1 is 1.47 bits per heavy atom. The van der Waals surface area contributed by atoms with E-state index in [0.717, 1.165) is 45.7 Å². The molecule has 0 radical (unpaired) electrons. The predicted molar refractivity (Wildman–Crippen MR) is 81.7 cm³/mol. The van der Waals surface area contributed by atoms with Crippen LogP contribution in [0.4, 0.5) is 0 Å². The fourth-order valence-corrected chi connectivity index (χ4v) is 3.34. The van der Waals surface area contributed by atoms with E-state index >= 15 is 0 Å². The third-order valence-electron chi connectivity index (χ3n) is 3.38. The lowest BCUT2D eigenvalue weighted by atomic mass is 10.1. The summed E-state index contributed by atoms with van der Waals surface area (Å²) in [4.78, 5) is 4.69. The number of benzene rings is 1. The lowest BCUT2D eigenvalue weighted by Gasteiger charge is -2.07. The van der Waals surface area contributed by atoms with Crippen molar-refractivity contribution in [3.8, 4) is 17.0 Å². The molecule has 0 atom stereocenters. The summed E-state index contributed by atoms with van der Waals surface area (Å²) in [5, 5.41) is 3.18. The molecule has 1 aromatic heterocycles. The first-order chi connectivity index (χ1) is 9.09. The van der Waals surface area contributed by atoms with E-state index in [1.54, 1.807) is 18.4 Å². The van der Waals surface area contributed by atoms with Gasteiger partial charge in [0.15, 0.2) is 0 Å². The Morgan fingerprint density at radius 3 is 2.95 bits per heavy atom. The summed E-state index contributed by atoms with van der Waals surface area (Å²) in [5.74, 6) is 0.842. The van der Waals surface area contributed by atoms with Crippen LogP contribution in [0, 0.1) is 0 Å². The molecule has 2 N–H and O–H groups in total. The predicted octanol–water partition coefficient (Wildman–Crippen LogP) is 3.62. The van der Waals surface area contributed by atoms with Crippen molar-refractivity contribution in [2.45, 2.75) is 24.8 Å². The van der Waals surface area contributed by atoms with Gasteiger partial charge < -0.3 is 10.5 Å². The molecule has 1 heterocycles. The Bertz CT molecular complexity index is 607. The molecule has 0 spiro atoms. The lowest BCUT2D eigenvalue weighted by molar-refractivity contribution is 0.416. The van der Waals surface area contributed by atoms with Gasteiger partial charge in [0.2, 0.25) is 0 Å². The number of ether oxygens (including phenoxy) is 1. The van der Waals surface area contributed by atoms with Crippen LogP contribution in [-0.2, 0) is 6.42 Å². The molecule has 5 heteroatoms. The summed E-state index contributed by atoms with van der Waals surface area (Å²) in [6, 6.07) is 5.95. The molecule has 2 aromatic rings. The number of hydrogen-bond donors (Lipinski definition) is 1. The molecule has 3 rings (SSSR count). The van der Waals surface area contributed by atoms with E-state index in [-0.39, 0.29) is 5.54 Å². The van der Waals surface area contributed by atoms with Crippen molar-refractivity contribution in [3.05, 3.63) is 33.1 Å². The quantitative estimate of drug-likeness (QED) is 0.926. The molecule has 1 saturated carbocycles. The fraction of sp³-hybridized carbons (Fsp3) is 0.357. The third kappa shape index (κ3) is 2.83. The van der Waals surface area contributed by atoms with Crippen LogP contribution in [0.2, 0.25) is 0 Å². The normalized spacial score (nSPS) is 16.4. The highest BCUT2D eigenvalue weighted by Gasteiger charge is 2.38. The first-order valence-electron chi connectivity index (χ1n) is 6.17.